The van der Waals surface area contributed by atoms with Crippen LogP contribution in [0.15, 0.2) is 42.5 Å². The van der Waals surface area contributed by atoms with Crippen molar-refractivity contribution in [3.63, 3.8) is 0 Å². The zero-order chi connectivity index (χ0) is 11.7. The van der Waals surface area contributed by atoms with Crippen molar-refractivity contribution in [3.05, 3.63) is 59.2 Å². The molecule has 2 aromatic carbocycles. The first-order chi connectivity index (χ1) is 8.34. The van der Waals surface area contributed by atoms with Crippen LogP contribution in [0.3, 0.4) is 0 Å². The average molecular weight is 260 g/mol. The molecule has 0 saturated heterocycles. The van der Waals surface area contributed by atoms with Crippen molar-refractivity contribution in [2.75, 3.05) is 6.54 Å². The third-order valence-electron chi connectivity index (χ3n) is 3.55. The molecule has 3 rings (SSSR count). The van der Waals surface area contributed by atoms with Gasteiger partial charge in [-0.2, -0.15) is 0 Å². The summed E-state index contributed by atoms with van der Waals surface area (Å²) >= 11 is 0. The van der Waals surface area contributed by atoms with Crippen LogP contribution >= 0.6 is 12.4 Å². The van der Waals surface area contributed by atoms with E-state index in [-0.39, 0.29) is 12.4 Å². The molecule has 0 spiro atoms. The summed E-state index contributed by atoms with van der Waals surface area (Å²) < 4.78 is 0. The summed E-state index contributed by atoms with van der Waals surface area (Å²) in [6.45, 7) is 4.29. The van der Waals surface area contributed by atoms with Crippen molar-refractivity contribution in [1.82, 2.24) is 5.32 Å². The second kappa shape index (κ2) is 5.55. The quantitative estimate of drug-likeness (QED) is 0.823. The molecule has 1 nitrogen and oxygen atoms in total. The first kappa shape index (κ1) is 13.1. The third-order valence-corrected chi connectivity index (χ3v) is 3.55. The number of nitrogens with one attached hydrogen (secondary N) is 1. The minimum absolute atomic E-state index is 0. The molecule has 0 atom stereocenters. The summed E-state index contributed by atoms with van der Waals surface area (Å²) in [5, 5.41) is 3.43. The van der Waals surface area contributed by atoms with Gasteiger partial charge in [0.05, 0.1) is 0 Å². The molecule has 0 unspecified atom stereocenters. The monoisotopic (exact) mass is 259 g/mol. The predicted molar refractivity (Wildman–Crippen MR) is 79.3 cm³/mol. The number of hydrogen-bond donors (Lipinski definition) is 1. The Hall–Kier alpha value is -1.31. The van der Waals surface area contributed by atoms with Crippen LogP contribution < -0.4 is 5.32 Å². The van der Waals surface area contributed by atoms with Gasteiger partial charge in [0.1, 0.15) is 0 Å². The van der Waals surface area contributed by atoms with Gasteiger partial charge in [-0.25, -0.2) is 0 Å². The van der Waals surface area contributed by atoms with Crippen molar-refractivity contribution >= 4 is 12.4 Å². The highest BCUT2D eigenvalue weighted by Crippen LogP contribution is 2.26. The Morgan fingerprint density at radius 3 is 2.67 bits per heavy atom. The summed E-state index contributed by atoms with van der Waals surface area (Å²) in [7, 11) is 0. The van der Waals surface area contributed by atoms with Crippen LogP contribution in [0.4, 0.5) is 0 Å². The van der Waals surface area contributed by atoms with Gasteiger partial charge in [-0.05, 0) is 53.8 Å². The van der Waals surface area contributed by atoms with Gasteiger partial charge in [0.2, 0.25) is 0 Å². The van der Waals surface area contributed by atoms with E-state index in [1.54, 1.807) is 0 Å². The Morgan fingerprint density at radius 2 is 1.83 bits per heavy atom. The molecule has 0 aromatic heterocycles. The van der Waals surface area contributed by atoms with Crippen LogP contribution in [0.1, 0.15) is 16.7 Å². The van der Waals surface area contributed by atoms with Gasteiger partial charge in [-0.3, -0.25) is 0 Å². The molecule has 2 aromatic rings. The summed E-state index contributed by atoms with van der Waals surface area (Å²) in [5.74, 6) is 0. The van der Waals surface area contributed by atoms with Gasteiger partial charge >= 0.3 is 0 Å². The van der Waals surface area contributed by atoms with E-state index in [0.717, 1.165) is 19.5 Å². The molecule has 0 aliphatic carbocycles. The van der Waals surface area contributed by atoms with Crippen LogP contribution in [-0.4, -0.2) is 6.54 Å². The second-order valence-electron chi connectivity index (χ2n) is 4.73. The van der Waals surface area contributed by atoms with Crippen LogP contribution in [0.5, 0.6) is 0 Å². The van der Waals surface area contributed by atoms with Crippen LogP contribution in [0, 0.1) is 6.92 Å². The van der Waals surface area contributed by atoms with Gasteiger partial charge in [0.15, 0.2) is 0 Å². The lowest BCUT2D eigenvalue weighted by Crippen LogP contribution is -2.23. The molecule has 94 valence electrons. The van der Waals surface area contributed by atoms with Crippen molar-refractivity contribution in [3.8, 4) is 11.1 Å². The molecule has 0 amide bonds. The number of aryl methyl sites for hydroxylation is 1. The van der Waals surface area contributed by atoms with E-state index >= 15 is 0 Å². The molecule has 0 bridgehead atoms. The van der Waals surface area contributed by atoms with Crippen molar-refractivity contribution in [1.29, 1.82) is 0 Å². The Balaban J connectivity index is 0.00000120. The Morgan fingerprint density at radius 1 is 1.00 bits per heavy atom. The molecule has 18 heavy (non-hydrogen) atoms. The first-order valence-corrected chi connectivity index (χ1v) is 6.23. The standard InChI is InChI=1S/C16H17N.ClH/c1-12-4-2-3-5-16(12)14-7-6-13-8-9-17-11-15(13)10-14;/h2-7,10,17H,8-9,11H2,1H3;1H. The van der Waals surface area contributed by atoms with Gasteiger partial charge < -0.3 is 5.32 Å². The zero-order valence-corrected chi connectivity index (χ0v) is 11.4. The number of benzene rings is 2. The molecule has 0 radical (unpaired) electrons. The third kappa shape index (κ3) is 2.43. The lowest BCUT2D eigenvalue weighted by molar-refractivity contribution is 0.644. The number of rotatable bonds is 1. The Kier molecular flexibility index (Phi) is 4.05. The lowest BCUT2D eigenvalue weighted by Gasteiger charge is -2.18. The fraction of sp³-hybridized carbons (Fsp3) is 0.250. The molecule has 0 fully saturated rings. The fourth-order valence-electron chi connectivity index (χ4n) is 2.54. The lowest BCUT2D eigenvalue weighted by atomic mass is 9.94. The minimum Gasteiger partial charge on any atom is -0.312 e. The predicted octanol–water partition coefficient (Wildman–Crippen LogP) is 3.73. The fourth-order valence-corrected chi connectivity index (χ4v) is 2.54. The van der Waals surface area contributed by atoms with E-state index in [1.807, 2.05) is 0 Å². The van der Waals surface area contributed by atoms with Gasteiger partial charge in [0, 0.05) is 6.54 Å². The first-order valence-electron chi connectivity index (χ1n) is 6.23. The summed E-state index contributed by atoms with van der Waals surface area (Å²) in [6.07, 6.45) is 1.16. The molecular formula is C16H18ClN. The maximum atomic E-state index is 3.43. The van der Waals surface area contributed by atoms with Gasteiger partial charge in [0.25, 0.3) is 0 Å². The zero-order valence-electron chi connectivity index (χ0n) is 10.6. The maximum absolute atomic E-state index is 3.43. The highest BCUT2D eigenvalue weighted by Gasteiger charge is 2.10. The van der Waals surface area contributed by atoms with E-state index in [0.29, 0.717) is 0 Å². The molecule has 1 aliphatic rings. The molecule has 2 heteroatoms. The van der Waals surface area contributed by atoms with E-state index in [4.69, 9.17) is 0 Å². The number of fused-ring (bicyclic) bond motifs is 1. The average Bonchev–Trinajstić information content (AvgIpc) is 2.39. The van der Waals surface area contributed by atoms with Gasteiger partial charge in [-0.1, -0.05) is 36.4 Å². The molecule has 1 heterocycles. The van der Waals surface area contributed by atoms with Crippen molar-refractivity contribution in [2.24, 2.45) is 0 Å². The second-order valence-corrected chi connectivity index (χ2v) is 4.73. The normalized spacial score (nSPS) is 13.6. The largest absolute Gasteiger partial charge is 0.312 e. The van der Waals surface area contributed by atoms with Crippen molar-refractivity contribution in [2.45, 2.75) is 19.9 Å². The van der Waals surface area contributed by atoms with E-state index in [9.17, 15) is 0 Å². The molecular weight excluding hydrogens is 242 g/mol. The van der Waals surface area contributed by atoms with E-state index in [2.05, 4.69) is 54.7 Å². The summed E-state index contributed by atoms with van der Waals surface area (Å²) in [4.78, 5) is 0. The highest BCUT2D eigenvalue weighted by molar-refractivity contribution is 5.85. The number of halogens is 1. The summed E-state index contributed by atoms with van der Waals surface area (Å²) in [6, 6.07) is 15.5. The maximum Gasteiger partial charge on any atom is 0.0208 e. The SMILES string of the molecule is Cc1ccccc1-c1ccc2c(c1)CNCC2.Cl. The van der Waals surface area contributed by atoms with Crippen molar-refractivity contribution < 1.29 is 0 Å². The topological polar surface area (TPSA) is 12.0 Å². The minimum atomic E-state index is 0. The van der Waals surface area contributed by atoms with E-state index < -0.39 is 0 Å². The smallest absolute Gasteiger partial charge is 0.0208 e. The Bertz CT molecular complexity index is 549. The Labute approximate surface area is 115 Å². The highest BCUT2D eigenvalue weighted by atomic mass is 35.5. The van der Waals surface area contributed by atoms with Crippen LogP contribution in [0.25, 0.3) is 11.1 Å². The molecule has 1 aliphatic heterocycles. The van der Waals surface area contributed by atoms with Crippen LogP contribution in [-0.2, 0) is 13.0 Å². The molecule has 0 saturated carbocycles. The number of hydrogen-bond acceptors (Lipinski definition) is 1. The van der Waals surface area contributed by atoms with Gasteiger partial charge in [-0.15, -0.1) is 12.4 Å². The van der Waals surface area contributed by atoms with E-state index in [1.165, 1.54) is 27.8 Å². The molecule has 1 N–H and O–H groups in total. The van der Waals surface area contributed by atoms with Crippen LogP contribution in [0.2, 0.25) is 0 Å². The summed E-state index contributed by atoms with van der Waals surface area (Å²) in [5.41, 5.74) is 6.99.